The molecule has 0 saturated carbocycles. The molecule has 5 aromatic rings. The number of fused-ring (bicyclic) bond motifs is 2. The maximum Gasteiger partial charge on any atom is 0.264 e. The van der Waals surface area contributed by atoms with Gasteiger partial charge in [0.15, 0.2) is 5.60 Å². The molecule has 0 unspecified atom stereocenters. The van der Waals surface area contributed by atoms with Crippen LogP contribution in [-0.4, -0.2) is 61.3 Å². The first-order valence-corrected chi connectivity index (χ1v) is 22.8. The van der Waals surface area contributed by atoms with Gasteiger partial charge in [-0.25, -0.2) is 0 Å². The van der Waals surface area contributed by atoms with Gasteiger partial charge in [-0.15, -0.1) is 0 Å². The standard InChI is InChI=1S/C46H49FN6O6Si/c1-29-42(60(2,3)47)40(26-41(55)52(22-23-54)27-30-8-5-4-6-9-30)59-46(29)38-25-37(51-44(57)33-14-18-35(49)19-15-33)20-21-39(38)53(45(46)58)28-31-10-7-11-36(24-31)50-43(56)32-12-16-34(48)17-13-32/h4-21,24-25,29,40,42,54H,22-23,26-28,48-49H2,1-3H3,(H,50,56)(H,51,57)/t29-,40+,42-,46+/m1/s1. The highest BCUT2D eigenvalue weighted by molar-refractivity contribution is 6.72. The van der Waals surface area contributed by atoms with Crippen molar-refractivity contribution in [3.05, 3.63) is 149 Å². The maximum absolute atomic E-state index is 16.7. The number of ether oxygens (including phenoxy) is 1. The number of nitrogens with one attached hydrogen (secondary N) is 2. The van der Waals surface area contributed by atoms with Gasteiger partial charge in [0.05, 0.1) is 31.4 Å². The van der Waals surface area contributed by atoms with Gasteiger partial charge in [-0.3, -0.25) is 19.2 Å². The van der Waals surface area contributed by atoms with E-state index >= 15 is 8.90 Å². The molecule has 60 heavy (non-hydrogen) atoms. The van der Waals surface area contributed by atoms with E-state index in [1.54, 1.807) is 110 Å². The van der Waals surface area contributed by atoms with Gasteiger partial charge < -0.3 is 45.9 Å². The number of nitrogens with zero attached hydrogens (tertiary/aromatic N) is 2. The molecule has 12 nitrogen and oxygen atoms in total. The summed E-state index contributed by atoms with van der Waals surface area (Å²) in [6.07, 6.45) is -1.19. The summed E-state index contributed by atoms with van der Waals surface area (Å²) in [6.45, 7) is 5.03. The van der Waals surface area contributed by atoms with Gasteiger partial charge >= 0.3 is 0 Å². The molecule has 4 amide bonds. The van der Waals surface area contributed by atoms with Crippen molar-refractivity contribution in [2.45, 2.75) is 56.8 Å². The monoisotopic (exact) mass is 828 g/mol. The number of hydrogen-bond acceptors (Lipinski definition) is 8. The Morgan fingerprint density at radius 3 is 1.98 bits per heavy atom. The molecule has 0 bridgehead atoms. The fourth-order valence-electron chi connectivity index (χ4n) is 8.61. The van der Waals surface area contributed by atoms with E-state index in [9.17, 15) is 19.5 Å². The van der Waals surface area contributed by atoms with E-state index in [0.717, 1.165) is 5.56 Å². The summed E-state index contributed by atoms with van der Waals surface area (Å²) < 4.78 is 23.7. The number of anilines is 5. The normalized spacial score (nSPS) is 19.6. The average molecular weight is 829 g/mol. The van der Waals surface area contributed by atoms with E-state index in [1.807, 2.05) is 36.4 Å². The van der Waals surface area contributed by atoms with Gasteiger partial charge in [0, 0.05) is 64.0 Å². The topological polar surface area (TPSA) is 180 Å². The molecule has 1 spiro atoms. The number of aliphatic hydroxyl groups is 1. The van der Waals surface area contributed by atoms with Crippen molar-refractivity contribution in [2.75, 3.05) is 40.2 Å². The third kappa shape index (κ3) is 8.53. The summed E-state index contributed by atoms with van der Waals surface area (Å²) in [6, 6.07) is 34.7. The van der Waals surface area contributed by atoms with Crippen molar-refractivity contribution in [1.82, 2.24) is 4.90 Å². The van der Waals surface area contributed by atoms with Crippen LogP contribution in [0.25, 0.3) is 0 Å². The Balaban J connectivity index is 1.24. The van der Waals surface area contributed by atoms with Crippen LogP contribution in [0.4, 0.5) is 32.5 Å². The lowest BCUT2D eigenvalue weighted by Gasteiger charge is -2.31. The molecule has 310 valence electrons. The third-order valence-corrected chi connectivity index (χ3v) is 13.9. The molecule has 5 aromatic carbocycles. The quantitative estimate of drug-likeness (QED) is 0.0474. The third-order valence-electron chi connectivity index (χ3n) is 11.4. The fraction of sp³-hybridized carbons (Fsp3) is 0.261. The number of nitrogens with two attached hydrogens (primary N) is 2. The Morgan fingerprint density at radius 1 is 0.817 bits per heavy atom. The van der Waals surface area contributed by atoms with Crippen molar-refractivity contribution in [1.29, 1.82) is 0 Å². The Kier molecular flexibility index (Phi) is 11.9. The maximum atomic E-state index is 16.7. The first-order valence-electron chi connectivity index (χ1n) is 19.9. The van der Waals surface area contributed by atoms with Gasteiger partial charge in [0.1, 0.15) is 0 Å². The summed E-state index contributed by atoms with van der Waals surface area (Å²) in [4.78, 5) is 58.9. The highest BCUT2D eigenvalue weighted by Crippen LogP contribution is 2.60. The number of carbonyl (C=O) groups is 4. The van der Waals surface area contributed by atoms with E-state index in [4.69, 9.17) is 16.2 Å². The van der Waals surface area contributed by atoms with Crippen molar-refractivity contribution in [3.8, 4) is 0 Å². The van der Waals surface area contributed by atoms with Crippen LogP contribution >= 0.6 is 0 Å². The number of amides is 4. The molecular weight excluding hydrogens is 780 g/mol. The predicted octanol–water partition coefficient (Wildman–Crippen LogP) is 7.09. The molecule has 7 rings (SSSR count). The number of halogens is 1. The number of nitrogen functional groups attached to an aromatic ring is 2. The summed E-state index contributed by atoms with van der Waals surface area (Å²) in [5, 5.41) is 15.7. The lowest BCUT2D eigenvalue weighted by Crippen LogP contribution is -2.45. The zero-order valence-corrected chi connectivity index (χ0v) is 34.7. The van der Waals surface area contributed by atoms with Crippen LogP contribution in [-0.2, 0) is 33.0 Å². The van der Waals surface area contributed by atoms with Crippen LogP contribution < -0.4 is 27.0 Å². The second-order valence-corrected chi connectivity index (χ2v) is 19.8. The zero-order valence-electron chi connectivity index (χ0n) is 33.7. The molecule has 2 heterocycles. The van der Waals surface area contributed by atoms with Crippen molar-refractivity contribution < 1.29 is 33.1 Å². The van der Waals surface area contributed by atoms with Gasteiger partial charge in [-0.05, 0) is 103 Å². The number of rotatable bonds is 13. The van der Waals surface area contributed by atoms with Crippen LogP contribution in [0.15, 0.2) is 121 Å². The highest BCUT2D eigenvalue weighted by Gasteiger charge is 2.67. The molecule has 0 aliphatic carbocycles. The first kappa shape index (κ1) is 41.8. The van der Waals surface area contributed by atoms with Crippen molar-refractivity contribution >= 4 is 60.5 Å². The SMILES string of the molecule is C[C@@H]1[C@@H]([Si](C)(C)F)[C@H](CC(=O)N(CCO)Cc2ccccc2)O[C@@]12C(=O)N(Cc1cccc(NC(=O)c3ccc(N)cc3)c1)c1ccc(NC(=O)c3ccc(N)cc3)cc12. The molecule has 0 radical (unpaired) electrons. The molecule has 2 aliphatic heterocycles. The van der Waals surface area contributed by atoms with E-state index in [1.165, 1.54) is 4.90 Å². The minimum absolute atomic E-state index is 0.0639. The highest BCUT2D eigenvalue weighted by atomic mass is 28.4. The Morgan fingerprint density at radius 2 is 1.40 bits per heavy atom. The molecule has 1 saturated heterocycles. The molecule has 0 aromatic heterocycles. The minimum atomic E-state index is -3.67. The average Bonchev–Trinajstić information content (AvgIpc) is 3.64. The van der Waals surface area contributed by atoms with Gasteiger partial charge in [0.2, 0.25) is 14.3 Å². The van der Waals surface area contributed by atoms with Gasteiger partial charge in [0.25, 0.3) is 17.7 Å². The van der Waals surface area contributed by atoms with E-state index in [-0.39, 0.29) is 44.5 Å². The summed E-state index contributed by atoms with van der Waals surface area (Å²) >= 11 is 0. The Bertz CT molecular complexity index is 2390. The van der Waals surface area contributed by atoms with Crippen LogP contribution in [0.2, 0.25) is 18.6 Å². The minimum Gasteiger partial charge on any atom is -0.399 e. The molecule has 4 atom stereocenters. The van der Waals surface area contributed by atoms with Crippen LogP contribution in [0.1, 0.15) is 50.8 Å². The predicted molar refractivity (Wildman–Crippen MR) is 233 cm³/mol. The van der Waals surface area contributed by atoms with Crippen molar-refractivity contribution in [2.24, 2.45) is 5.92 Å². The Labute approximate surface area is 349 Å². The van der Waals surface area contributed by atoms with E-state index < -0.39 is 43.4 Å². The largest absolute Gasteiger partial charge is 0.399 e. The number of aliphatic hydroxyl groups excluding tert-OH is 1. The number of carbonyl (C=O) groups excluding carboxylic acids is 4. The zero-order chi connectivity index (χ0) is 42.8. The van der Waals surface area contributed by atoms with Gasteiger partial charge in [-0.2, -0.15) is 0 Å². The number of hydrogen-bond donors (Lipinski definition) is 5. The van der Waals surface area contributed by atoms with Gasteiger partial charge in [-0.1, -0.05) is 49.4 Å². The Hall–Kier alpha value is -6.35. The molecule has 14 heteroatoms. The van der Waals surface area contributed by atoms with Crippen LogP contribution in [0.3, 0.4) is 0 Å². The van der Waals surface area contributed by atoms with Crippen molar-refractivity contribution in [3.63, 3.8) is 0 Å². The molecule has 2 aliphatic rings. The summed E-state index contributed by atoms with van der Waals surface area (Å²) in [5.41, 5.74) is 14.4. The second-order valence-electron chi connectivity index (χ2n) is 16.0. The molecule has 1 fully saturated rings. The smallest absolute Gasteiger partial charge is 0.264 e. The summed E-state index contributed by atoms with van der Waals surface area (Å²) in [5.74, 6) is -2.23. The molecular formula is C46H49FN6O6Si. The van der Waals surface area contributed by atoms with Crippen LogP contribution in [0.5, 0.6) is 0 Å². The second kappa shape index (κ2) is 17.1. The number of benzene rings is 5. The van der Waals surface area contributed by atoms with Crippen LogP contribution in [0, 0.1) is 5.92 Å². The lowest BCUT2D eigenvalue weighted by atomic mass is 9.82. The summed E-state index contributed by atoms with van der Waals surface area (Å²) in [7, 11) is -3.67. The first-order chi connectivity index (χ1) is 28.7. The molecule has 7 N–H and O–H groups in total. The fourth-order valence-corrected chi connectivity index (χ4v) is 11.1. The lowest BCUT2D eigenvalue weighted by molar-refractivity contribution is -0.150. The van der Waals surface area contributed by atoms with E-state index in [0.29, 0.717) is 50.7 Å². The van der Waals surface area contributed by atoms with E-state index in [2.05, 4.69) is 10.6 Å².